The topological polar surface area (TPSA) is 17.3 Å². The van der Waals surface area contributed by atoms with Crippen LogP contribution in [0.1, 0.15) is 11.3 Å². The molecule has 0 radical (unpaired) electrons. The molecule has 0 bridgehead atoms. The molecule has 7 rings (SSSR count). The second kappa shape index (κ2) is 7.41. The number of aromatic nitrogens is 2. The minimum absolute atomic E-state index is 0.941. The lowest BCUT2D eigenvalue weighted by molar-refractivity contribution is 1.21. The molecule has 164 valence electrons. The number of fused-ring (bicyclic) bond motifs is 8. The quantitative estimate of drug-likeness (QED) is 0.248. The summed E-state index contributed by atoms with van der Waals surface area (Å²) in [4.78, 5) is 5.00. The number of rotatable bonds is 3. The summed E-state index contributed by atoms with van der Waals surface area (Å²) in [7, 11) is 0. The number of hydrogen-bond acceptors (Lipinski definition) is 1. The SMILES string of the molecule is C=Cc1c(C=C)n2c3ccccc3nc2c2ccc(-c3cc4ccccc4c4ccccc34)cc12. The van der Waals surface area contributed by atoms with Gasteiger partial charge in [0.25, 0.3) is 0 Å². The van der Waals surface area contributed by atoms with Gasteiger partial charge in [0.05, 0.1) is 16.7 Å². The van der Waals surface area contributed by atoms with E-state index < -0.39 is 0 Å². The third-order valence-corrected chi connectivity index (χ3v) is 7.10. The number of hydrogen-bond donors (Lipinski definition) is 0. The maximum absolute atomic E-state index is 5.00. The smallest absolute Gasteiger partial charge is 0.146 e. The molecule has 0 saturated carbocycles. The van der Waals surface area contributed by atoms with E-state index >= 15 is 0 Å². The molecule has 2 aromatic heterocycles. The average Bonchev–Trinajstić information content (AvgIpc) is 3.31. The molecule has 0 amide bonds. The van der Waals surface area contributed by atoms with Crippen molar-refractivity contribution in [2.75, 3.05) is 0 Å². The number of imidazole rings is 1. The molecule has 2 nitrogen and oxygen atoms in total. The summed E-state index contributed by atoms with van der Waals surface area (Å²) in [5.41, 5.74) is 7.48. The third-order valence-electron chi connectivity index (χ3n) is 7.10. The predicted molar refractivity (Wildman–Crippen MR) is 151 cm³/mol. The zero-order valence-corrected chi connectivity index (χ0v) is 19.2. The van der Waals surface area contributed by atoms with Crippen LogP contribution in [0, 0.1) is 0 Å². The monoisotopic (exact) mass is 446 g/mol. The van der Waals surface area contributed by atoms with E-state index in [-0.39, 0.29) is 0 Å². The molecule has 0 spiro atoms. The van der Waals surface area contributed by atoms with Crippen LogP contribution in [0.15, 0.2) is 110 Å². The molecule has 0 fully saturated rings. The van der Waals surface area contributed by atoms with E-state index in [1.165, 1.54) is 32.7 Å². The van der Waals surface area contributed by atoms with E-state index in [0.717, 1.165) is 38.7 Å². The van der Waals surface area contributed by atoms with Gasteiger partial charge >= 0.3 is 0 Å². The van der Waals surface area contributed by atoms with E-state index in [4.69, 9.17) is 4.98 Å². The van der Waals surface area contributed by atoms with E-state index in [0.29, 0.717) is 0 Å². The summed E-state index contributed by atoms with van der Waals surface area (Å²) in [5, 5.41) is 7.28. The summed E-state index contributed by atoms with van der Waals surface area (Å²) in [5.74, 6) is 0. The van der Waals surface area contributed by atoms with Gasteiger partial charge in [-0.3, -0.25) is 4.40 Å². The van der Waals surface area contributed by atoms with Gasteiger partial charge in [-0.25, -0.2) is 4.98 Å². The number of nitrogens with zero attached hydrogens (tertiary/aromatic N) is 2. The standard InChI is InChI=1S/C33H22N2/c1-3-23-29-20-22(28-19-21-11-5-6-12-24(21)25-13-7-8-14-26(25)28)17-18-27(29)33-34-30-15-9-10-16-32(30)35(33)31(23)4-2/h3-20H,1-2H2. The van der Waals surface area contributed by atoms with E-state index in [1.807, 2.05) is 18.2 Å². The maximum atomic E-state index is 5.00. The van der Waals surface area contributed by atoms with Crippen molar-refractivity contribution in [1.82, 2.24) is 9.38 Å². The van der Waals surface area contributed by atoms with Crippen molar-refractivity contribution < 1.29 is 0 Å². The number of benzene rings is 5. The van der Waals surface area contributed by atoms with Gasteiger partial charge in [-0.15, -0.1) is 0 Å². The number of pyridine rings is 1. The first-order chi connectivity index (χ1) is 17.3. The molecular formula is C33H22N2. The van der Waals surface area contributed by atoms with Crippen LogP contribution in [0.4, 0.5) is 0 Å². The van der Waals surface area contributed by atoms with Crippen LogP contribution in [0.2, 0.25) is 0 Å². The zero-order valence-electron chi connectivity index (χ0n) is 19.2. The Kier molecular flexibility index (Phi) is 4.18. The minimum atomic E-state index is 0.941. The Balaban J connectivity index is 1.62. The van der Waals surface area contributed by atoms with Crippen LogP contribution in [0.25, 0.3) is 72.3 Å². The van der Waals surface area contributed by atoms with Gasteiger partial charge in [0.1, 0.15) is 5.65 Å². The van der Waals surface area contributed by atoms with Gasteiger partial charge in [0.15, 0.2) is 0 Å². The second-order valence-electron chi connectivity index (χ2n) is 8.92. The van der Waals surface area contributed by atoms with E-state index in [1.54, 1.807) is 0 Å². The Morgan fingerprint density at radius 3 is 2.20 bits per heavy atom. The highest BCUT2D eigenvalue weighted by atomic mass is 15.0. The van der Waals surface area contributed by atoms with Crippen LogP contribution in [0.3, 0.4) is 0 Å². The Labute approximate surface area is 203 Å². The van der Waals surface area contributed by atoms with Crippen molar-refractivity contribution >= 4 is 61.1 Å². The first kappa shape index (κ1) is 19.7. The Hall–Kier alpha value is -4.69. The molecule has 5 aromatic carbocycles. The zero-order chi connectivity index (χ0) is 23.5. The minimum Gasteiger partial charge on any atom is -0.292 e. The molecule has 0 aliphatic rings. The molecule has 0 unspecified atom stereocenters. The first-order valence-electron chi connectivity index (χ1n) is 11.8. The second-order valence-corrected chi connectivity index (χ2v) is 8.92. The van der Waals surface area contributed by atoms with Crippen LogP contribution >= 0.6 is 0 Å². The van der Waals surface area contributed by atoms with Crippen LogP contribution in [0.5, 0.6) is 0 Å². The molecule has 0 aliphatic heterocycles. The molecule has 2 heterocycles. The number of para-hydroxylation sites is 2. The van der Waals surface area contributed by atoms with E-state index in [9.17, 15) is 0 Å². The molecule has 35 heavy (non-hydrogen) atoms. The normalized spacial score (nSPS) is 11.7. The summed E-state index contributed by atoms with van der Waals surface area (Å²) in [6.07, 6.45) is 3.85. The summed E-state index contributed by atoms with van der Waals surface area (Å²) in [6.45, 7) is 8.31. The van der Waals surface area contributed by atoms with Crippen molar-refractivity contribution in [3.63, 3.8) is 0 Å². The molecular weight excluding hydrogens is 424 g/mol. The maximum Gasteiger partial charge on any atom is 0.146 e. The average molecular weight is 447 g/mol. The van der Waals surface area contributed by atoms with Gasteiger partial charge < -0.3 is 0 Å². The Morgan fingerprint density at radius 1 is 0.629 bits per heavy atom. The lowest BCUT2D eigenvalue weighted by Crippen LogP contribution is -1.98. The predicted octanol–water partition coefficient (Wildman–Crippen LogP) is 8.90. The van der Waals surface area contributed by atoms with Crippen LogP contribution in [-0.2, 0) is 0 Å². The van der Waals surface area contributed by atoms with E-state index in [2.05, 4.69) is 109 Å². The molecule has 0 saturated heterocycles. The van der Waals surface area contributed by atoms with Gasteiger partial charge in [-0.1, -0.05) is 86.0 Å². The van der Waals surface area contributed by atoms with Crippen molar-refractivity contribution in [1.29, 1.82) is 0 Å². The van der Waals surface area contributed by atoms with Crippen molar-refractivity contribution in [3.05, 3.63) is 121 Å². The fourth-order valence-electron chi connectivity index (χ4n) is 5.55. The summed E-state index contributed by atoms with van der Waals surface area (Å²) in [6, 6.07) is 34.5. The fraction of sp³-hybridized carbons (Fsp3) is 0. The Bertz CT molecular complexity index is 1990. The highest BCUT2D eigenvalue weighted by Crippen LogP contribution is 2.38. The van der Waals surface area contributed by atoms with Crippen molar-refractivity contribution in [2.24, 2.45) is 0 Å². The molecule has 0 aliphatic carbocycles. The lowest BCUT2D eigenvalue weighted by atomic mass is 9.91. The molecule has 7 aromatic rings. The first-order valence-corrected chi connectivity index (χ1v) is 11.8. The van der Waals surface area contributed by atoms with Gasteiger partial charge in [-0.05, 0) is 74.5 Å². The van der Waals surface area contributed by atoms with Gasteiger partial charge in [0.2, 0.25) is 0 Å². The lowest BCUT2D eigenvalue weighted by Gasteiger charge is -2.15. The summed E-state index contributed by atoms with van der Waals surface area (Å²) < 4.78 is 2.20. The Morgan fingerprint density at radius 2 is 1.37 bits per heavy atom. The highest BCUT2D eigenvalue weighted by Gasteiger charge is 2.17. The molecule has 0 N–H and O–H groups in total. The summed E-state index contributed by atoms with van der Waals surface area (Å²) >= 11 is 0. The van der Waals surface area contributed by atoms with Crippen molar-refractivity contribution in [2.45, 2.75) is 0 Å². The molecule has 2 heteroatoms. The molecule has 0 atom stereocenters. The van der Waals surface area contributed by atoms with Crippen LogP contribution < -0.4 is 0 Å². The van der Waals surface area contributed by atoms with Crippen LogP contribution in [-0.4, -0.2) is 9.38 Å². The van der Waals surface area contributed by atoms with Crippen molar-refractivity contribution in [3.8, 4) is 11.1 Å². The van der Waals surface area contributed by atoms with Gasteiger partial charge in [0, 0.05) is 10.9 Å². The third kappa shape index (κ3) is 2.74. The largest absolute Gasteiger partial charge is 0.292 e. The fourth-order valence-corrected chi connectivity index (χ4v) is 5.55. The van der Waals surface area contributed by atoms with Gasteiger partial charge in [-0.2, -0.15) is 0 Å². The highest BCUT2D eigenvalue weighted by molar-refractivity contribution is 6.15.